The first-order valence-electron chi connectivity index (χ1n) is 7.54. The molecule has 1 aliphatic heterocycles. The van der Waals surface area contributed by atoms with Crippen LogP contribution in [0.3, 0.4) is 0 Å². The van der Waals surface area contributed by atoms with Crippen LogP contribution < -0.4 is 10.2 Å². The minimum absolute atomic E-state index is 0.00761. The quantitative estimate of drug-likeness (QED) is 0.903. The molecule has 1 N–H and O–H groups in total. The zero-order valence-electron chi connectivity index (χ0n) is 13.2. The third-order valence-electron chi connectivity index (χ3n) is 4.08. The van der Waals surface area contributed by atoms with Gasteiger partial charge in [-0.05, 0) is 37.8 Å². The van der Waals surface area contributed by atoms with E-state index in [1.54, 1.807) is 0 Å². The van der Waals surface area contributed by atoms with Crippen LogP contribution in [0.25, 0.3) is 0 Å². The number of para-hydroxylation sites is 1. The van der Waals surface area contributed by atoms with Crippen molar-refractivity contribution in [3.8, 4) is 0 Å². The second-order valence-corrected chi connectivity index (χ2v) is 6.21. The molecule has 1 aromatic rings. The fourth-order valence-electron chi connectivity index (χ4n) is 2.98. The maximum absolute atomic E-state index is 12.3. The number of anilines is 1. The van der Waals surface area contributed by atoms with Gasteiger partial charge in [0.25, 0.3) is 0 Å². The van der Waals surface area contributed by atoms with Crippen LogP contribution in [0.5, 0.6) is 0 Å². The van der Waals surface area contributed by atoms with E-state index in [4.69, 9.17) is 0 Å². The average molecular weight is 288 g/mol. The normalized spacial score (nSPS) is 18.5. The lowest BCUT2D eigenvalue weighted by Gasteiger charge is -2.26. The summed E-state index contributed by atoms with van der Waals surface area (Å²) in [6, 6.07) is 8.09. The van der Waals surface area contributed by atoms with Gasteiger partial charge in [-0.2, -0.15) is 0 Å². The molecule has 0 spiro atoms. The van der Waals surface area contributed by atoms with Gasteiger partial charge >= 0.3 is 0 Å². The molecular weight excluding hydrogens is 264 g/mol. The van der Waals surface area contributed by atoms with E-state index in [1.165, 1.54) is 12.5 Å². The van der Waals surface area contributed by atoms with Crippen LogP contribution in [0.1, 0.15) is 33.3 Å². The Morgan fingerprint density at radius 1 is 1.33 bits per heavy atom. The smallest absolute Gasteiger partial charge is 0.240 e. The monoisotopic (exact) mass is 288 g/mol. The van der Waals surface area contributed by atoms with Gasteiger partial charge in [0.2, 0.25) is 5.91 Å². The number of ketones is 1. The van der Waals surface area contributed by atoms with Crippen LogP contribution in [-0.4, -0.2) is 30.3 Å². The van der Waals surface area contributed by atoms with Gasteiger partial charge in [-0.25, -0.2) is 0 Å². The van der Waals surface area contributed by atoms with Crippen molar-refractivity contribution in [3.05, 3.63) is 29.8 Å². The number of amides is 1. The van der Waals surface area contributed by atoms with Crippen LogP contribution in [0, 0.1) is 5.92 Å². The highest BCUT2D eigenvalue weighted by Crippen LogP contribution is 2.31. The van der Waals surface area contributed by atoms with Crippen molar-refractivity contribution in [1.29, 1.82) is 0 Å². The zero-order valence-corrected chi connectivity index (χ0v) is 13.2. The Kier molecular flexibility index (Phi) is 4.66. The van der Waals surface area contributed by atoms with Crippen LogP contribution in [0.15, 0.2) is 24.3 Å². The Hall–Kier alpha value is -1.84. The van der Waals surface area contributed by atoms with E-state index in [0.717, 1.165) is 12.1 Å². The molecule has 1 aliphatic rings. The zero-order chi connectivity index (χ0) is 15.6. The number of fused-ring (bicyclic) bond motifs is 1. The molecule has 1 heterocycles. The Bertz CT molecular complexity index is 539. The summed E-state index contributed by atoms with van der Waals surface area (Å²) in [5.74, 6) is 0.0235. The van der Waals surface area contributed by atoms with Gasteiger partial charge in [-0.1, -0.05) is 32.0 Å². The van der Waals surface area contributed by atoms with Crippen LogP contribution in [-0.2, 0) is 16.0 Å². The van der Waals surface area contributed by atoms with E-state index in [0.29, 0.717) is 12.6 Å². The van der Waals surface area contributed by atoms with E-state index in [-0.39, 0.29) is 17.6 Å². The molecule has 2 atom stereocenters. The molecule has 0 bridgehead atoms. The summed E-state index contributed by atoms with van der Waals surface area (Å²) in [7, 11) is 0. The maximum Gasteiger partial charge on any atom is 0.240 e. The first kappa shape index (κ1) is 15.5. The van der Waals surface area contributed by atoms with Gasteiger partial charge in [-0.15, -0.1) is 0 Å². The number of rotatable bonds is 5. The number of nitrogens with one attached hydrogen (secondary N) is 1. The molecule has 1 aromatic carbocycles. The van der Waals surface area contributed by atoms with Gasteiger partial charge in [0.1, 0.15) is 0 Å². The molecule has 0 saturated heterocycles. The molecule has 0 fully saturated rings. The van der Waals surface area contributed by atoms with Crippen molar-refractivity contribution in [3.63, 3.8) is 0 Å². The Morgan fingerprint density at radius 3 is 2.62 bits per heavy atom. The minimum atomic E-state index is -0.398. The first-order valence-corrected chi connectivity index (χ1v) is 7.54. The lowest BCUT2D eigenvalue weighted by molar-refractivity contribution is -0.127. The summed E-state index contributed by atoms with van der Waals surface area (Å²) in [4.78, 5) is 26.0. The molecule has 0 saturated carbocycles. The van der Waals surface area contributed by atoms with Crippen LogP contribution >= 0.6 is 0 Å². The molecular formula is C17H24N2O2. The summed E-state index contributed by atoms with van der Waals surface area (Å²) >= 11 is 0. The Morgan fingerprint density at radius 2 is 2.00 bits per heavy atom. The fraction of sp³-hybridized carbons (Fsp3) is 0.529. The van der Waals surface area contributed by atoms with Gasteiger partial charge < -0.3 is 10.2 Å². The number of carbonyl (C=O) groups excluding carboxylic acids is 2. The van der Waals surface area contributed by atoms with Crippen molar-refractivity contribution in [2.75, 3.05) is 11.4 Å². The number of benzene rings is 1. The summed E-state index contributed by atoms with van der Waals surface area (Å²) in [5.41, 5.74) is 2.41. The lowest BCUT2D eigenvalue weighted by Crippen LogP contribution is -2.48. The predicted molar refractivity (Wildman–Crippen MR) is 84.4 cm³/mol. The van der Waals surface area contributed by atoms with Crippen LogP contribution in [0.2, 0.25) is 0 Å². The number of carbonyl (C=O) groups is 2. The highest BCUT2D eigenvalue weighted by atomic mass is 16.2. The molecule has 114 valence electrons. The molecule has 4 heteroatoms. The molecule has 2 unspecified atom stereocenters. The van der Waals surface area contributed by atoms with Crippen molar-refractivity contribution in [2.45, 2.75) is 46.2 Å². The summed E-state index contributed by atoms with van der Waals surface area (Å²) in [6.07, 6.45) is 0.962. The van der Waals surface area contributed by atoms with E-state index >= 15 is 0 Å². The number of hydrogen-bond donors (Lipinski definition) is 1. The second-order valence-electron chi connectivity index (χ2n) is 6.21. The standard InChI is InChI=1S/C17H24N2O2/c1-11(2)17(13(4)20)18-16(21)10-19-12(3)9-14-7-5-6-8-15(14)19/h5-8,11-12,17H,9-10H2,1-4H3,(H,18,21). The third-order valence-corrected chi connectivity index (χ3v) is 4.08. The highest BCUT2D eigenvalue weighted by molar-refractivity contribution is 5.89. The van der Waals surface area contributed by atoms with Crippen molar-refractivity contribution >= 4 is 17.4 Å². The Balaban J connectivity index is 2.05. The predicted octanol–water partition coefficient (Wildman–Crippen LogP) is 2.17. The molecule has 4 nitrogen and oxygen atoms in total. The van der Waals surface area contributed by atoms with Gasteiger partial charge in [0.15, 0.2) is 5.78 Å². The average Bonchev–Trinajstić information content (AvgIpc) is 2.72. The highest BCUT2D eigenvalue weighted by Gasteiger charge is 2.28. The minimum Gasteiger partial charge on any atom is -0.359 e. The van der Waals surface area contributed by atoms with Gasteiger partial charge in [0.05, 0.1) is 12.6 Å². The summed E-state index contributed by atoms with van der Waals surface area (Å²) < 4.78 is 0. The number of hydrogen-bond acceptors (Lipinski definition) is 3. The lowest BCUT2D eigenvalue weighted by atomic mass is 10.0. The molecule has 0 aliphatic carbocycles. The maximum atomic E-state index is 12.3. The topological polar surface area (TPSA) is 49.4 Å². The largest absolute Gasteiger partial charge is 0.359 e. The molecule has 0 radical (unpaired) electrons. The van der Waals surface area contributed by atoms with E-state index in [2.05, 4.69) is 29.3 Å². The SMILES string of the molecule is CC(=O)C(NC(=O)CN1c2ccccc2CC1C)C(C)C. The van der Waals surface area contributed by atoms with E-state index < -0.39 is 6.04 Å². The van der Waals surface area contributed by atoms with Crippen molar-refractivity contribution < 1.29 is 9.59 Å². The summed E-state index contributed by atoms with van der Waals surface area (Å²) in [5, 5.41) is 2.86. The molecule has 0 aromatic heterocycles. The van der Waals surface area contributed by atoms with E-state index in [1.807, 2.05) is 26.0 Å². The second kappa shape index (κ2) is 6.29. The summed E-state index contributed by atoms with van der Waals surface area (Å²) in [6.45, 7) is 7.84. The van der Waals surface area contributed by atoms with Crippen molar-refractivity contribution in [1.82, 2.24) is 5.32 Å². The Labute approximate surface area is 126 Å². The van der Waals surface area contributed by atoms with Gasteiger partial charge in [-0.3, -0.25) is 9.59 Å². The molecule has 2 rings (SSSR count). The van der Waals surface area contributed by atoms with E-state index in [9.17, 15) is 9.59 Å². The molecule has 21 heavy (non-hydrogen) atoms. The first-order chi connectivity index (χ1) is 9.90. The number of nitrogens with zero attached hydrogens (tertiary/aromatic N) is 1. The van der Waals surface area contributed by atoms with Gasteiger partial charge in [0, 0.05) is 11.7 Å². The van der Waals surface area contributed by atoms with Crippen molar-refractivity contribution in [2.24, 2.45) is 5.92 Å². The van der Waals surface area contributed by atoms with Crippen LogP contribution in [0.4, 0.5) is 5.69 Å². The molecule has 1 amide bonds. The third kappa shape index (κ3) is 3.43. The fourth-order valence-corrected chi connectivity index (χ4v) is 2.98. The number of Topliss-reactive ketones (excluding diaryl/α,β-unsaturated/α-hetero) is 1.